The number of nitrogens with zero attached hydrogens (tertiary/aromatic N) is 2. The van der Waals surface area contributed by atoms with E-state index in [1.807, 2.05) is 0 Å². The van der Waals surface area contributed by atoms with Crippen LogP contribution in [-0.2, 0) is 9.47 Å². The number of aliphatic hydroxyl groups is 4. The van der Waals surface area contributed by atoms with Crippen LogP contribution in [0.2, 0.25) is 0 Å². The van der Waals surface area contributed by atoms with E-state index in [-0.39, 0.29) is 23.3 Å². The van der Waals surface area contributed by atoms with Crippen molar-refractivity contribution in [2.75, 3.05) is 7.11 Å². The summed E-state index contributed by atoms with van der Waals surface area (Å²) in [5, 5.41) is 51.5. The van der Waals surface area contributed by atoms with Gasteiger partial charge in [0.25, 0.3) is 0 Å². The molecule has 0 amide bonds. The highest BCUT2D eigenvalue weighted by molar-refractivity contribution is 6.18. The molecule has 4 aliphatic rings. The number of alkyl halides is 9. The fourth-order valence-electron chi connectivity index (χ4n) is 7.80. The quantitative estimate of drug-likeness (QED) is 0.149. The van der Waals surface area contributed by atoms with E-state index >= 15 is 0 Å². The molecular weight excluding hydrogens is 741 g/mol. The van der Waals surface area contributed by atoms with Crippen molar-refractivity contribution < 1.29 is 83.7 Å². The lowest BCUT2D eigenvalue weighted by molar-refractivity contribution is -0.384. The van der Waals surface area contributed by atoms with E-state index in [1.165, 1.54) is 32.2 Å². The SMILES string of the molecule is COc1cccc2c1C(=O)[C@@H]1[C@H](O)[C@H]3[C@H](C[C@@](O)(/C(C)=N\N=C/C(F)(F)C(F)(F)C(F)(F)C(F)(F)F)C[C@H]3O[C@H]3C[C@H](N)[C@H](O)[C@H](C)O3)[C@H](O)[C@H]1C2=O. The maximum atomic E-state index is 14.1. The molecule has 21 heteroatoms. The molecule has 1 saturated heterocycles. The molecule has 53 heavy (non-hydrogen) atoms. The third-order valence-corrected chi connectivity index (χ3v) is 10.7. The summed E-state index contributed by atoms with van der Waals surface area (Å²) >= 11 is 0. The lowest BCUT2D eigenvalue weighted by Crippen LogP contribution is -2.66. The van der Waals surface area contributed by atoms with Gasteiger partial charge in [-0.1, -0.05) is 12.1 Å². The molecule has 1 heterocycles. The normalized spacial score (nSPS) is 37.3. The van der Waals surface area contributed by atoms with Crippen molar-refractivity contribution in [1.82, 2.24) is 0 Å². The molecule has 3 fully saturated rings. The number of ether oxygens (including phenoxy) is 3. The van der Waals surface area contributed by atoms with Crippen LogP contribution in [0.1, 0.15) is 53.8 Å². The summed E-state index contributed by atoms with van der Waals surface area (Å²) < 4.78 is 137. The maximum absolute atomic E-state index is 14.1. The minimum Gasteiger partial charge on any atom is -0.496 e. The number of benzene rings is 1. The molecule has 0 unspecified atom stereocenters. The number of carbonyl (C=O) groups excluding carboxylic acids is 2. The molecule has 0 bridgehead atoms. The fraction of sp³-hybridized carbons (Fsp3) is 0.688. The van der Waals surface area contributed by atoms with E-state index < -0.39 is 132 Å². The van der Waals surface area contributed by atoms with Crippen LogP contribution >= 0.6 is 0 Å². The van der Waals surface area contributed by atoms with Crippen molar-refractivity contribution in [3.63, 3.8) is 0 Å². The third kappa shape index (κ3) is 6.64. The zero-order valence-corrected chi connectivity index (χ0v) is 28.0. The van der Waals surface area contributed by atoms with Gasteiger partial charge in [-0.05, 0) is 32.3 Å². The predicted molar refractivity (Wildman–Crippen MR) is 162 cm³/mol. The van der Waals surface area contributed by atoms with Crippen LogP contribution in [0, 0.1) is 23.7 Å². The molecule has 296 valence electrons. The first-order valence-electron chi connectivity index (χ1n) is 16.2. The zero-order chi connectivity index (χ0) is 39.8. The van der Waals surface area contributed by atoms with Gasteiger partial charge in [0, 0.05) is 30.4 Å². The molecule has 0 aromatic heterocycles. The Bertz CT molecular complexity index is 1650. The van der Waals surface area contributed by atoms with Gasteiger partial charge in [0.2, 0.25) is 0 Å². The Hall–Kier alpha value is -3.21. The van der Waals surface area contributed by atoms with Crippen LogP contribution in [0.5, 0.6) is 5.75 Å². The lowest BCUT2D eigenvalue weighted by atomic mass is 9.52. The molecule has 12 nitrogen and oxygen atoms in total. The van der Waals surface area contributed by atoms with Crippen molar-refractivity contribution in [2.24, 2.45) is 39.6 Å². The first-order valence-corrected chi connectivity index (χ1v) is 16.2. The van der Waals surface area contributed by atoms with Crippen LogP contribution in [-0.4, -0.2) is 123 Å². The summed E-state index contributed by atoms with van der Waals surface area (Å²) in [5.74, 6) is -27.7. The molecule has 0 radical (unpaired) electrons. The van der Waals surface area contributed by atoms with Gasteiger partial charge in [0.15, 0.2) is 17.9 Å². The minimum absolute atomic E-state index is 0.0175. The topological polar surface area (TPSA) is 193 Å². The van der Waals surface area contributed by atoms with E-state index in [2.05, 4.69) is 10.2 Å². The monoisotopic (exact) mass is 777 g/mol. The Morgan fingerprint density at radius 3 is 2.17 bits per heavy atom. The number of hydrogen-bond donors (Lipinski definition) is 5. The number of aliphatic hydroxyl groups excluding tert-OH is 3. The number of halogens is 9. The average Bonchev–Trinajstić information content (AvgIpc) is 3.06. The Morgan fingerprint density at radius 2 is 1.58 bits per heavy atom. The number of methoxy groups -OCH3 is 1. The molecule has 0 spiro atoms. The van der Waals surface area contributed by atoms with E-state index in [0.717, 1.165) is 6.92 Å². The maximum Gasteiger partial charge on any atom is 0.460 e. The zero-order valence-electron chi connectivity index (χ0n) is 28.0. The number of carbonyl (C=O) groups is 2. The summed E-state index contributed by atoms with van der Waals surface area (Å²) in [6.45, 7) is 2.37. The Labute approximate surface area is 294 Å². The molecule has 5 rings (SSSR count). The van der Waals surface area contributed by atoms with E-state index in [4.69, 9.17) is 19.9 Å². The molecule has 1 aromatic carbocycles. The number of ketones is 2. The number of fused-ring (bicyclic) bond motifs is 3. The van der Waals surface area contributed by atoms with Crippen LogP contribution in [0.25, 0.3) is 0 Å². The van der Waals surface area contributed by atoms with Crippen molar-refractivity contribution in [3.8, 4) is 5.75 Å². The van der Waals surface area contributed by atoms with Gasteiger partial charge >= 0.3 is 23.9 Å². The smallest absolute Gasteiger partial charge is 0.460 e. The highest BCUT2D eigenvalue weighted by atomic mass is 19.4. The first kappa shape index (κ1) is 41.0. The summed E-state index contributed by atoms with van der Waals surface area (Å²) in [4.78, 5) is 27.7. The van der Waals surface area contributed by atoms with E-state index in [1.54, 1.807) is 0 Å². The highest BCUT2D eigenvalue weighted by Crippen LogP contribution is 2.55. The molecule has 6 N–H and O–H groups in total. The van der Waals surface area contributed by atoms with Gasteiger partial charge in [0.1, 0.15) is 17.6 Å². The van der Waals surface area contributed by atoms with E-state index in [0.29, 0.717) is 0 Å². The van der Waals surface area contributed by atoms with Gasteiger partial charge in [-0.25, -0.2) is 0 Å². The fourth-order valence-corrected chi connectivity index (χ4v) is 7.80. The van der Waals surface area contributed by atoms with Crippen molar-refractivity contribution in [3.05, 3.63) is 29.3 Å². The van der Waals surface area contributed by atoms with Gasteiger partial charge < -0.3 is 40.4 Å². The minimum atomic E-state index is -7.19. The van der Waals surface area contributed by atoms with Crippen LogP contribution < -0.4 is 10.5 Å². The van der Waals surface area contributed by atoms with Crippen LogP contribution in [0.15, 0.2) is 28.4 Å². The second kappa shape index (κ2) is 13.8. The van der Waals surface area contributed by atoms with Gasteiger partial charge in [-0.3, -0.25) is 9.59 Å². The second-order valence-corrected chi connectivity index (χ2v) is 13.9. The Morgan fingerprint density at radius 1 is 0.962 bits per heavy atom. The van der Waals surface area contributed by atoms with Crippen molar-refractivity contribution in [2.45, 2.75) is 106 Å². The van der Waals surface area contributed by atoms with Gasteiger partial charge in [-0.15, -0.1) is 0 Å². The van der Waals surface area contributed by atoms with Crippen molar-refractivity contribution >= 4 is 23.5 Å². The number of Topliss-reactive ketones (excluding diaryl/α,β-unsaturated/α-hetero) is 2. The standard InChI is InChI=1S/C32H36F9N3O9/c1-11-23(45)15(42)7-18(52-11)53-17-9-28(50,12(2)44-43-10-29(33,34)30(35,36)31(37,38)32(39,40)41)8-14-20(17)27(49)22-21(25(14)47)24(46)13-5-4-6-16(51-3)19(13)26(22)48/h4-6,10-11,14-15,17-18,20-23,25,27,45,47,49-50H,7-9,42H2,1-3H3/b43-10-,44-12-/t11-,14-,15-,17+,18-,20-,21+,22+,23+,25-,27+,28-/m0/s1. The Kier molecular flexibility index (Phi) is 10.7. The largest absolute Gasteiger partial charge is 0.496 e. The van der Waals surface area contributed by atoms with Gasteiger partial charge in [0.05, 0.1) is 60.7 Å². The van der Waals surface area contributed by atoms with Crippen LogP contribution in [0.4, 0.5) is 39.5 Å². The van der Waals surface area contributed by atoms with Gasteiger partial charge in [-0.2, -0.15) is 49.7 Å². The summed E-state index contributed by atoms with van der Waals surface area (Å²) in [6, 6.07) is 3.23. The number of hydrogen-bond acceptors (Lipinski definition) is 12. The number of nitrogens with two attached hydrogens (primary N) is 1. The van der Waals surface area contributed by atoms with E-state index in [9.17, 15) is 69.5 Å². The average molecular weight is 778 g/mol. The van der Waals surface area contributed by atoms with Crippen molar-refractivity contribution in [1.29, 1.82) is 0 Å². The third-order valence-electron chi connectivity index (χ3n) is 10.7. The summed E-state index contributed by atoms with van der Waals surface area (Å²) in [7, 11) is 1.25. The Balaban J connectivity index is 1.53. The molecule has 2 saturated carbocycles. The van der Waals surface area contributed by atoms with Crippen LogP contribution in [0.3, 0.4) is 0 Å². The molecular formula is C32H36F9N3O9. The molecule has 3 aliphatic carbocycles. The first-order chi connectivity index (χ1) is 24.3. The second-order valence-electron chi connectivity index (χ2n) is 13.9. The molecule has 1 aliphatic heterocycles. The lowest BCUT2D eigenvalue weighted by Gasteiger charge is -2.56. The summed E-state index contributed by atoms with van der Waals surface area (Å²) in [6.07, 6.45) is -18.2. The molecule has 1 aromatic rings. The highest BCUT2D eigenvalue weighted by Gasteiger charge is 2.81. The molecule has 12 atom stereocenters. The predicted octanol–water partition coefficient (Wildman–Crippen LogP) is 2.92. The number of rotatable bonds is 8. The summed E-state index contributed by atoms with van der Waals surface area (Å²) in [5.41, 5.74) is 2.59.